The second-order valence-corrected chi connectivity index (χ2v) is 6.28. The van der Waals surface area contributed by atoms with E-state index in [1.165, 1.54) is 18.2 Å². The summed E-state index contributed by atoms with van der Waals surface area (Å²) >= 11 is 9.37. The van der Waals surface area contributed by atoms with Crippen molar-refractivity contribution in [3.63, 3.8) is 0 Å². The van der Waals surface area contributed by atoms with Crippen molar-refractivity contribution in [3.8, 4) is 0 Å². The second kappa shape index (κ2) is 6.71. The Bertz CT molecular complexity index is 469. The molecule has 0 aromatic heterocycles. The number of benzene rings is 1. The monoisotopic (exact) mass is 347 g/mol. The Balaban J connectivity index is 2.05. The highest BCUT2D eigenvalue weighted by molar-refractivity contribution is 9.10. The molecule has 104 valence electrons. The molecule has 2 nitrogen and oxygen atoms in total. The van der Waals surface area contributed by atoms with Crippen LogP contribution in [0.25, 0.3) is 0 Å². The first kappa shape index (κ1) is 14.8. The van der Waals surface area contributed by atoms with Gasteiger partial charge >= 0.3 is 0 Å². The van der Waals surface area contributed by atoms with Crippen molar-refractivity contribution in [2.24, 2.45) is 0 Å². The maximum atomic E-state index is 13.1. The fourth-order valence-electron chi connectivity index (χ4n) is 2.31. The molecule has 2 unspecified atom stereocenters. The van der Waals surface area contributed by atoms with Gasteiger partial charge in [-0.25, -0.2) is 4.39 Å². The molecule has 1 N–H and O–H groups in total. The van der Waals surface area contributed by atoms with Crippen LogP contribution >= 0.6 is 27.5 Å². The number of rotatable bonds is 2. The van der Waals surface area contributed by atoms with Gasteiger partial charge in [-0.05, 0) is 47.0 Å². The molecule has 0 radical (unpaired) electrons. The van der Waals surface area contributed by atoms with Crippen LogP contribution < -0.4 is 5.32 Å². The number of alkyl halides is 1. The van der Waals surface area contributed by atoms with Crippen molar-refractivity contribution in [2.75, 3.05) is 0 Å². The molecule has 19 heavy (non-hydrogen) atoms. The first-order chi connectivity index (χ1) is 9.08. The van der Waals surface area contributed by atoms with Crippen LogP contribution in [0.2, 0.25) is 0 Å². The molecular formula is C14H16BrClFNO. The molecule has 1 saturated carbocycles. The van der Waals surface area contributed by atoms with Crippen LogP contribution in [0.1, 0.15) is 42.5 Å². The van der Waals surface area contributed by atoms with Crippen LogP contribution in [0.5, 0.6) is 0 Å². The molecular weight excluding hydrogens is 333 g/mol. The number of amides is 1. The van der Waals surface area contributed by atoms with Crippen molar-refractivity contribution >= 4 is 33.4 Å². The predicted molar refractivity (Wildman–Crippen MR) is 78.1 cm³/mol. The fraction of sp³-hybridized carbons (Fsp3) is 0.500. The van der Waals surface area contributed by atoms with Crippen LogP contribution in [0, 0.1) is 5.82 Å². The van der Waals surface area contributed by atoms with Gasteiger partial charge in [-0.2, -0.15) is 0 Å². The minimum Gasteiger partial charge on any atom is -0.348 e. The maximum absolute atomic E-state index is 13.1. The first-order valence-electron chi connectivity index (χ1n) is 6.48. The van der Waals surface area contributed by atoms with Gasteiger partial charge in [-0.3, -0.25) is 4.79 Å². The third-order valence-electron chi connectivity index (χ3n) is 3.43. The lowest BCUT2D eigenvalue weighted by atomic mass is 10.1. The van der Waals surface area contributed by atoms with Crippen LogP contribution in [-0.4, -0.2) is 17.3 Å². The molecule has 1 aliphatic rings. The normalized spacial score (nSPS) is 23.7. The van der Waals surface area contributed by atoms with E-state index in [9.17, 15) is 9.18 Å². The highest BCUT2D eigenvalue weighted by Crippen LogP contribution is 2.23. The van der Waals surface area contributed by atoms with Gasteiger partial charge in [0.05, 0.1) is 9.85 Å². The van der Waals surface area contributed by atoms with Gasteiger partial charge in [-0.1, -0.05) is 19.3 Å². The summed E-state index contributed by atoms with van der Waals surface area (Å²) in [6.45, 7) is 0. The van der Waals surface area contributed by atoms with Crippen LogP contribution in [0.15, 0.2) is 22.7 Å². The SMILES string of the molecule is O=C(NC1CCCCCC1Cl)c1ccc(F)c(Br)c1. The Morgan fingerprint density at radius 2 is 2.05 bits per heavy atom. The predicted octanol–water partition coefficient (Wildman–Crippen LogP) is 4.26. The van der Waals surface area contributed by atoms with Gasteiger partial charge in [0.15, 0.2) is 0 Å². The van der Waals surface area contributed by atoms with E-state index in [1.54, 1.807) is 0 Å². The number of hydrogen-bond donors (Lipinski definition) is 1. The number of carbonyl (C=O) groups is 1. The smallest absolute Gasteiger partial charge is 0.251 e. The third-order valence-corrected chi connectivity index (χ3v) is 4.56. The number of halogens is 3. The molecule has 1 aliphatic carbocycles. The van der Waals surface area contributed by atoms with E-state index in [4.69, 9.17) is 11.6 Å². The Kier molecular flexibility index (Phi) is 5.22. The topological polar surface area (TPSA) is 29.1 Å². The summed E-state index contributed by atoms with van der Waals surface area (Å²) in [7, 11) is 0. The maximum Gasteiger partial charge on any atom is 0.251 e. The lowest BCUT2D eigenvalue weighted by molar-refractivity contribution is 0.0934. The van der Waals surface area contributed by atoms with E-state index < -0.39 is 0 Å². The zero-order valence-corrected chi connectivity index (χ0v) is 12.8. The zero-order chi connectivity index (χ0) is 13.8. The van der Waals surface area contributed by atoms with Gasteiger partial charge < -0.3 is 5.32 Å². The Hall–Kier alpha value is -0.610. The number of nitrogens with one attached hydrogen (secondary N) is 1. The zero-order valence-electron chi connectivity index (χ0n) is 10.5. The van der Waals surface area contributed by atoms with E-state index >= 15 is 0 Å². The molecule has 0 saturated heterocycles. The van der Waals surface area contributed by atoms with Crippen molar-refractivity contribution in [2.45, 2.75) is 43.5 Å². The quantitative estimate of drug-likeness (QED) is 0.628. The van der Waals surface area contributed by atoms with Crippen LogP contribution in [0.3, 0.4) is 0 Å². The van der Waals surface area contributed by atoms with E-state index in [1.807, 2.05) is 0 Å². The molecule has 2 atom stereocenters. The average molecular weight is 349 g/mol. The number of hydrogen-bond acceptors (Lipinski definition) is 1. The highest BCUT2D eigenvalue weighted by atomic mass is 79.9. The van der Waals surface area contributed by atoms with E-state index in [2.05, 4.69) is 21.2 Å². The standard InChI is InChI=1S/C14H16BrClFNO/c15-10-8-9(6-7-12(10)17)14(19)18-13-5-3-1-2-4-11(13)16/h6-8,11,13H,1-5H2,(H,18,19). The van der Waals surface area contributed by atoms with Crippen LogP contribution in [-0.2, 0) is 0 Å². The van der Waals surface area contributed by atoms with E-state index in [0.717, 1.165) is 32.1 Å². The molecule has 1 aromatic carbocycles. The summed E-state index contributed by atoms with van der Waals surface area (Å²) in [5, 5.41) is 2.94. The van der Waals surface area contributed by atoms with Gasteiger partial charge in [0.25, 0.3) is 5.91 Å². The van der Waals surface area contributed by atoms with Crippen LogP contribution in [0.4, 0.5) is 4.39 Å². The molecule has 1 fully saturated rings. The van der Waals surface area contributed by atoms with Crippen molar-refractivity contribution in [1.82, 2.24) is 5.32 Å². The summed E-state index contributed by atoms with van der Waals surface area (Å²) in [4.78, 5) is 12.1. The van der Waals surface area contributed by atoms with Gasteiger partial charge in [0.1, 0.15) is 5.82 Å². The molecule has 0 bridgehead atoms. The molecule has 0 aliphatic heterocycles. The summed E-state index contributed by atoms with van der Waals surface area (Å²) in [5.74, 6) is -0.570. The largest absolute Gasteiger partial charge is 0.348 e. The lowest BCUT2D eigenvalue weighted by Gasteiger charge is -2.21. The third kappa shape index (κ3) is 3.93. The highest BCUT2D eigenvalue weighted by Gasteiger charge is 2.23. The molecule has 5 heteroatoms. The average Bonchev–Trinajstić information content (AvgIpc) is 2.58. The second-order valence-electron chi connectivity index (χ2n) is 4.86. The summed E-state index contributed by atoms with van der Waals surface area (Å²) in [6.07, 6.45) is 5.20. The Labute approximate surface area is 125 Å². The van der Waals surface area contributed by atoms with Gasteiger partial charge in [-0.15, -0.1) is 11.6 Å². The fourth-order valence-corrected chi connectivity index (χ4v) is 3.04. The minimum atomic E-state index is -0.374. The van der Waals surface area contributed by atoms with Crippen molar-refractivity contribution in [3.05, 3.63) is 34.1 Å². The molecule has 0 spiro atoms. The lowest BCUT2D eigenvalue weighted by Crippen LogP contribution is -2.40. The Morgan fingerprint density at radius 3 is 2.79 bits per heavy atom. The summed E-state index contributed by atoms with van der Waals surface area (Å²) in [5.41, 5.74) is 0.446. The molecule has 2 rings (SSSR count). The summed E-state index contributed by atoms with van der Waals surface area (Å²) < 4.78 is 13.4. The van der Waals surface area contributed by atoms with Gasteiger partial charge in [0, 0.05) is 11.6 Å². The van der Waals surface area contributed by atoms with E-state index in [0.29, 0.717) is 10.0 Å². The first-order valence-corrected chi connectivity index (χ1v) is 7.71. The van der Waals surface area contributed by atoms with E-state index in [-0.39, 0.29) is 23.1 Å². The van der Waals surface area contributed by atoms with Crippen molar-refractivity contribution in [1.29, 1.82) is 0 Å². The van der Waals surface area contributed by atoms with Crippen molar-refractivity contribution < 1.29 is 9.18 Å². The minimum absolute atomic E-state index is 0.000459. The Morgan fingerprint density at radius 1 is 1.32 bits per heavy atom. The van der Waals surface area contributed by atoms with Gasteiger partial charge in [0.2, 0.25) is 0 Å². The summed E-state index contributed by atoms with van der Waals surface area (Å²) in [6, 6.07) is 4.25. The molecule has 0 heterocycles. The molecule has 1 amide bonds. The number of carbonyl (C=O) groups excluding carboxylic acids is 1. The molecule has 1 aromatic rings.